The number of fused-ring (bicyclic) bond motifs is 1. The predicted octanol–water partition coefficient (Wildman–Crippen LogP) is 2.96. The maximum Gasteiger partial charge on any atom is 0.273 e. The van der Waals surface area contributed by atoms with Gasteiger partial charge in [0.05, 0.1) is 33.1 Å². The van der Waals surface area contributed by atoms with Gasteiger partial charge in [-0.3, -0.25) is 4.79 Å². The number of aromatic amines is 1. The van der Waals surface area contributed by atoms with Crippen molar-refractivity contribution in [3.8, 4) is 17.2 Å². The maximum atomic E-state index is 12.4. The molecule has 2 N–H and O–H groups in total. The van der Waals surface area contributed by atoms with Crippen molar-refractivity contribution >= 4 is 23.0 Å². The molecule has 1 aromatic heterocycles. The number of H-pyrrole nitrogens is 1. The summed E-state index contributed by atoms with van der Waals surface area (Å²) in [6.07, 6.45) is 3.15. The second-order valence-electron chi connectivity index (χ2n) is 5.40. The Morgan fingerprint density at radius 2 is 1.73 bits per heavy atom. The average molecular weight is 353 g/mol. The minimum Gasteiger partial charge on any atom is -0.496 e. The Hall–Kier alpha value is -3.48. The highest BCUT2D eigenvalue weighted by Crippen LogP contribution is 2.33. The molecular weight excluding hydrogens is 334 g/mol. The van der Waals surface area contributed by atoms with E-state index in [1.54, 1.807) is 39.7 Å². The van der Waals surface area contributed by atoms with Gasteiger partial charge in [0.2, 0.25) is 0 Å². The van der Waals surface area contributed by atoms with E-state index in [9.17, 15) is 4.79 Å². The Morgan fingerprint density at radius 1 is 1.04 bits per heavy atom. The second kappa shape index (κ2) is 7.60. The van der Waals surface area contributed by atoms with E-state index in [4.69, 9.17) is 14.2 Å². The predicted molar refractivity (Wildman–Crippen MR) is 99.5 cm³/mol. The van der Waals surface area contributed by atoms with Crippen LogP contribution in [0.4, 0.5) is 0 Å². The third kappa shape index (κ3) is 3.32. The molecule has 0 aliphatic carbocycles. The highest BCUT2D eigenvalue weighted by atomic mass is 16.5. The molecule has 0 saturated heterocycles. The summed E-state index contributed by atoms with van der Waals surface area (Å²) in [4.78, 5) is 15.4. The van der Waals surface area contributed by atoms with E-state index in [1.807, 2.05) is 24.3 Å². The monoisotopic (exact) mass is 353 g/mol. The zero-order valence-electron chi connectivity index (χ0n) is 14.7. The van der Waals surface area contributed by atoms with Crippen LogP contribution in [0.5, 0.6) is 17.2 Å². The molecule has 0 fully saturated rings. The average Bonchev–Trinajstić information content (AvgIpc) is 3.11. The number of nitrogens with zero attached hydrogens (tertiary/aromatic N) is 1. The Balaban J connectivity index is 1.81. The quantitative estimate of drug-likeness (QED) is 0.527. The molecule has 0 saturated carbocycles. The normalized spacial score (nSPS) is 10.9. The number of hydrazone groups is 1. The van der Waals surface area contributed by atoms with Gasteiger partial charge in [-0.2, -0.15) is 5.10 Å². The molecule has 134 valence electrons. The number of aromatic nitrogens is 1. The topological polar surface area (TPSA) is 84.9 Å². The first-order chi connectivity index (χ1) is 12.7. The van der Waals surface area contributed by atoms with E-state index in [-0.39, 0.29) is 5.91 Å². The van der Waals surface area contributed by atoms with E-state index in [0.717, 1.165) is 10.9 Å². The standard InChI is InChI=1S/C19H19N3O4/c1-24-16-9-18(26-3)17(25-2)8-12(16)10-21-22-19(23)14-11-20-15-7-5-4-6-13(14)15/h4-11,20H,1-3H3,(H,22,23). The van der Waals surface area contributed by atoms with Crippen LogP contribution in [-0.2, 0) is 0 Å². The number of carbonyl (C=O) groups excluding carboxylic acids is 1. The molecule has 0 atom stereocenters. The Bertz CT molecular complexity index is 963. The van der Waals surface area contributed by atoms with Gasteiger partial charge in [-0.25, -0.2) is 5.43 Å². The Morgan fingerprint density at radius 3 is 2.46 bits per heavy atom. The van der Waals surface area contributed by atoms with E-state index >= 15 is 0 Å². The Kier molecular flexibility index (Phi) is 5.07. The zero-order chi connectivity index (χ0) is 18.5. The molecule has 0 bridgehead atoms. The van der Waals surface area contributed by atoms with Gasteiger partial charge in [-0.05, 0) is 12.1 Å². The van der Waals surface area contributed by atoms with E-state index in [2.05, 4.69) is 15.5 Å². The van der Waals surface area contributed by atoms with Gasteiger partial charge in [-0.1, -0.05) is 18.2 Å². The molecule has 1 heterocycles. The molecule has 0 unspecified atom stereocenters. The molecule has 3 rings (SSSR count). The number of benzene rings is 2. The fourth-order valence-electron chi connectivity index (χ4n) is 2.63. The number of hydrogen-bond donors (Lipinski definition) is 2. The minimum absolute atomic E-state index is 0.307. The van der Waals surface area contributed by atoms with Gasteiger partial charge < -0.3 is 19.2 Å². The molecule has 3 aromatic rings. The van der Waals surface area contributed by atoms with Crippen LogP contribution in [-0.4, -0.2) is 38.4 Å². The van der Waals surface area contributed by atoms with Crippen LogP contribution in [0.3, 0.4) is 0 Å². The van der Waals surface area contributed by atoms with Gasteiger partial charge in [0, 0.05) is 28.7 Å². The van der Waals surface area contributed by atoms with E-state index < -0.39 is 0 Å². The highest BCUT2D eigenvalue weighted by molar-refractivity contribution is 6.06. The van der Waals surface area contributed by atoms with Crippen molar-refractivity contribution in [2.24, 2.45) is 5.10 Å². The number of methoxy groups -OCH3 is 3. The largest absolute Gasteiger partial charge is 0.496 e. The van der Waals surface area contributed by atoms with Gasteiger partial charge >= 0.3 is 0 Å². The molecule has 7 heteroatoms. The Labute approximate surface area is 150 Å². The van der Waals surface area contributed by atoms with Crippen molar-refractivity contribution in [1.82, 2.24) is 10.4 Å². The van der Waals surface area contributed by atoms with Crippen molar-refractivity contribution < 1.29 is 19.0 Å². The highest BCUT2D eigenvalue weighted by Gasteiger charge is 2.12. The van der Waals surface area contributed by atoms with Crippen LogP contribution in [0.2, 0.25) is 0 Å². The third-order valence-electron chi connectivity index (χ3n) is 3.94. The summed E-state index contributed by atoms with van der Waals surface area (Å²) in [6, 6.07) is 11.0. The lowest BCUT2D eigenvalue weighted by Crippen LogP contribution is -2.17. The number of carbonyl (C=O) groups is 1. The fraction of sp³-hybridized carbons (Fsp3) is 0.158. The summed E-state index contributed by atoms with van der Waals surface area (Å²) in [6.45, 7) is 0. The minimum atomic E-state index is -0.307. The van der Waals surface area contributed by atoms with Crippen molar-refractivity contribution in [3.05, 3.63) is 53.7 Å². The van der Waals surface area contributed by atoms with Crippen LogP contribution in [0.25, 0.3) is 10.9 Å². The summed E-state index contributed by atoms with van der Waals surface area (Å²) in [5.74, 6) is 1.33. The van der Waals surface area contributed by atoms with Crippen LogP contribution in [0.15, 0.2) is 47.7 Å². The van der Waals surface area contributed by atoms with Gasteiger partial charge in [0.25, 0.3) is 5.91 Å². The molecule has 1 amide bonds. The fourth-order valence-corrected chi connectivity index (χ4v) is 2.63. The lowest BCUT2D eigenvalue weighted by Gasteiger charge is -2.11. The number of nitrogens with one attached hydrogen (secondary N) is 2. The van der Waals surface area contributed by atoms with Crippen LogP contribution in [0.1, 0.15) is 15.9 Å². The summed E-state index contributed by atoms with van der Waals surface area (Å²) >= 11 is 0. The summed E-state index contributed by atoms with van der Waals surface area (Å²) in [5, 5.41) is 4.87. The first-order valence-electron chi connectivity index (χ1n) is 7.87. The third-order valence-corrected chi connectivity index (χ3v) is 3.94. The number of hydrogen-bond acceptors (Lipinski definition) is 5. The second-order valence-corrected chi connectivity index (χ2v) is 5.40. The van der Waals surface area contributed by atoms with Gasteiger partial charge in [0.15, 0.2) is 11.5 Å². The smallest absolute Gasteiger partial charge is 0.273 e. The molecule has 26 heavy (non-hydrogen) atoms. The van der Waals surface area contributed by atoms with E-state index in [0.29, 0.717) is 28.4 Å². The molecule has 0 spiro atoms. The lowest BCUT2D eigenvalue weighted by molar-refractivity contribution is 0.0957. The SMILES string of the molecule is COc1cc(OC)c(OC)cc1C=NNC(=O)c1c[nH]c2ccccc12. The van der Waals surface area contributed by atoms with Crippen LogP contribution >= 0.6 is 0 Å². The molecule has 7 nitrogen and oxygen atoms in total. The zero-order valence-corrected chi connectivity index (χ0v) is 14.7. The first kappa shape index (κ1) is 17.3. The van der Waals surface area contributed by atoms with Crippen molar-refractivity contribution in [2.45, 2.75) is 0 Å². The van der Waals surface area contributed by atoms with Crippen molar-refractivity contribution in [2.75, 3.05) is 21.3 Å². The molecule has 0 aliphatic rings. The summed E-state index contributed by atoms with van der Waals surface area (Å²) in [5.41, 5.74) is 4.59. The number of rotatable bonds is 6. The molecule has 0 aliphatic heterocycles. The number of para-hydroxylation sites is 1. The molecular formula is C19H19N3O4. The van der Waals surface area contributed by atoms with Crippen molar-refractivity contribution in [3.63, 3.8) is 0 Å². The lowest BCUT2D eigenvalue weighted by atomic mass is 10.2. The van der Waals surface area contributed by atoms with Crippen molar-refractivity contribution in [1.29, 1.82) is 0 Å². The molecule has 0 radical (unpaired) electrons. The summed E-state index contributed by atoms with van der Waals surface area (Å²) in [7, 11) is 4.64. The number of ether oxygens (including phenoxy) is 3. The summed E-state index contributed by atoms with van der Waals surface area (Å²) < 4.78 is 15.9. The van der Waals surface area contributed by atoms with E-state index in [1.165, 1.54) is 6.21 Å². The van der Waals surface area contributed by atoms with Crippen LogP contribution in [0, 0.1) is 0 Å². The van der Waals surface area contributed by atoms with Gasteiger partial charge in [-0.15, -0.1) is 0 Å². The molecule has 2 aromatic carbocycles. The van der Waals surface area contributed by atoms with Gasteiger partial charge in [0.1, 0.15) is 5.75 Å². The van der Waals surface area contributed by atoms with Crippen LogP contribution < -0.4 is 19.6 Å². The maximum absolute atomic E-state index is 12.4. The number of amides is 1. The first-order valence-corrected chi connectivity index (χ1v) is 7.87.